The molecule has 0 aliphatic heterocycles. The first-order valence-corrected chi connectivity index (χ1v) is 7.17. The maximum absolute atomic E-state index is 12.2. The first-order chi connectivity index (χ1) is 9.41. The lowest BCUT2D eigenvalue weighted by Crippen LogP contribution is -2.33. The molecule has 0 spiro atoms. The third-order valence-electron chi connectivity index (χ3n) is 3.48. The number of anilines is 1. The molecule has 5 nitrogen and oxygen atoms in total. The second kappa shape index (κ2) is 7.24. The van der Waals surface area contributed by atoms with Gasteiger partial charge < -0.3 is 10.7 Å². The molecule has 1 rings (SSSR count). The Bertz CT molecular complexity index is 457. The van der Waals surface area contributed by atoms with Crippen molar-refractivity contribution in [3.63, 3.8) is 0 Å². The Morgan fingerprint density at radius 3 is 2.60 bits per heavy atom. The highest BCUT2D eigenvalue weighted by Gasteiger charge is 2.17. The second-order valence-electron chi connectivity index (χ2n) is 5.83. The molecule has 1 heterocycles. The van der Waals surface area contributed by atoms with Gasteiger partial charge >= 0.3 is 0 Å². The number of aromatic nitrogens is 1. The lowest BCUT2D eigenvalue weighted by Gasteiger charge is -2.22. The Balaban J connectivity index is 2.83. The van der Waals surface area contributed by atoms with Crippen molar-refractivity contribution >= 4 is 11.7 Å². The minimum absolute atomic E-state index is 0.0808. The predicted octanol–water partition coefficient (Wildman–Crippen LogP) is 2.49. The van der Waals surface area contributed by atoms with Crippen molar-refractivity contribution in [1.29, 1.82) is 0 Å². The van der Waals surface area contributed by atoms with Crippen molar-refractivity contribution in [3.05, 3.63) is 23.4 Å². The standard InChI is InChI=1S/C15H26N4O/c1-5-7-12-8-11(9-13(18-12)19-16)14(20)17-10-15(3,4)6-2/h8-9H,5-7,10,16H2,1-4H3,(H,17,20)(H,18,19). The molecule has 5 heteroatoms. The molecule has 1 aromatic heterocycles. The Kier molecular flexibility index (Phi) is 5.95. The number of hydrogen-bond donors (Lipinski definition) is 3. The van der Waals surface area contributed by atoms with E-state index in [0.717, 1.165) is 25.0 Å². The molecule has 0 aliphatic carbocycles. The lowest BCUT2D eigenvalue weighted by molar-refractivity contribution is 0.0935. The summed E-state index contributed by atoms with van der Waals surface area (Å²) >= 11 is 0. The number of nitrogens with one attached hydrogen (secondary N) is 2. The lowest BCUT2D eigenvalue weighted by atomic mass is 9.90. The van der Waals surface area contributed by atoms with Crippen molar-refractivity contribution in [1.82, 2.24) is 10.3 Å². The van der Waals surface area contributed by atoms with Gasteiger partial charge in [-0.2, -0.15) is 0 Å². The number of nitrogens with zero attached hydrogens (tertiary/aromatic N) is 1. The van der Waals surface area contributed by atoms with Crippen molar-refractivity contribution in [3.8, 4) is 0 Å². The van der Waals surface area contributed by atoms with Gasteiger partial charge in [-0.25, -0.2) is 10.8 Å². The van der Waals surface area contributed by atoms with Gasteiger partial charge in [0.25, 0.3) is 5.91 Å². The second-order valence-corrected chi connectivity index (χ2v) is 5.83. The molecule has 0 aliphatic rings. The molecule has 1 aromatic rings. The Morgan fingerprint density at radius 1 is 1.35 bits per heavy atom. The number of nitrogen functional groups attached to an aromatic ring is 1. The summed E-state index contributed by atoms with van der Waals surface area (Å²) in [4.78, 5) is 16.6. The fourth-order valence-corrected chi connectivity index (χ4v) is 1.72. The Labute approximate surface area is 121 Å². The van der Waals surface area contributed by atoms with E-state index >= 15 is 0 Å². The van der Waals surface area contributed by atoms with E-state index in [1.165, 1.54) is 0 Å². The van der Waals surface area contributed by atoms with Crippen LogP contribution >= 0.6 is 0 Å². The number of nitrogens with two attached hydrogens (primary N) is 1. The number of rotatable bonds is 7. The van der Waals surface area contributed by atoms with E-state index in [-0.39, 0.29) is 11.3 Å². The quantitative estimate of drug-likeness (QED) is 0.529. The van der Waals surface area contributed by atoms with Crippen LogP contribution in [-0.4, -0.2) is 17.4 Å². The number of hydrogen-bond acceptors (Lipinski definition) is 4. The van der Waals surface area contributed by atoms with Crippen LogP contribution in [0.25, 0.3) is 0 Å². The molecular weight excluding hydrogens is 252 g/mol. The normalized spacial score (nSPS) is 11.2. The van der Waals surface area contributed by atoms with Crippen LogP contribution < -0.4 is 16.6 Å². The summed E-state index contributed by atoms with van der Waals surface area (Å²) in [5, 5.41) is 2.98. The van der Waals surface area contributed by atoms with Crippen molar-refractivity contribution in [2.24, 2.45) is 11.3 Å². The van der Waals surface area contributed by atoms with Gasteiger partial charge in [-0.1, -0.05) is 34.1 Å². The van der Waals surface area contributed by atoms with Crippen LogP contribution in [0.4, 0.5) is 5.82 Å². The van der Waals surface area contributed by atoms with Crippen LogP contribution in [0.3, 0.4) is 0 Å². The smallest absolute Gasteiger partial charge is 0.251 e. The average Bonchev–Trinajstić information content (AvgIpc) is 2.44. The fourth-order valence-electron chi connectivity index (χ4n) is 1.72. The Hall–Kier alpha value is -1.62. The SMILES string of the molecule is CCCc1cc(C(=O)NCC(C)(C)CC)cc(NN)n1. The number of amides is 1. The predicted molar refractivity (Wildman–Crippen MR) is 82.4 cm³/mol. The van der Waals surface area contributed by atoms with Gasteiger partial charge in [0, 0.05) is 17.8 Å². The zero-order valence-corrected chi connectivity index (χ0v) is 12.9. The highest BCUT2D eigenvalue weighted by atomic mass is 16.1. The minimum Gasteiger partial charge on any atom is -0.351 e. The molecule has 0 saturated carbocycles. The third kappa shape index (κ3) is 4.81. The molecule has 0 unspecified atom stereocenters. The van der Waals surface area contributed by atoms with Gasteiger partial charge in [0.1, 0.15) is 5.82 Å². The summed E-state index contributed by atoms with van der Waals surface area (Å²) in [5.41, 5.74) is 4.09. The van der Waals surface area contributed by atoms with Crippen LogP contribution in [-0.2, 0) is 6.42 Å². The van der Waals surface area contributed by atoms with Crippen LogP contribution in [0.2, 0.25) is 0 Å². The summed E-state index contributed by atoms with van der Waals surface area (Å²) in [6.45, 7) is 9.12. The molecule has 1 amide bonds. The number of hydrazine groups is 1. The van der Waals surface area contributed by atoms with Gasteiger partial charge in [0.05, 0.1) is 0 Å². The molecule has 0 saturated heterocycles. The van der Waals surface area contributed by atoms with Gasteiger partial charge in [0.15, 0.2) is 0 Å². The van der Waals surface area contributed by atoms with Crippen molar-refractivity contribution in [2.75, 3.05) is 12.0 Å². The van der Waals surface area contributed by atoms with E-state index in [1.807, 2.05) is 6.07 Å². The topological polar surface area (TPSA) is 80.0 Å². The van der Waals surface area contributed by atoms with Crippen LogP contribution in [0, 0.1) is 5.41 Å². The van der Waals surface area contributed by atoms with Gasteiger partial charge in [-0.15, -0.1) is 0 Å². The highest BCUT2D eigenvalue weighted by Crippen LogP contribution is 2.18. The molecule has 0 radical (unpaired) electrons. The zero-order chi connectivity index (χ0) is 15.2. The monoisotopic (exact) mass is 278 g/mol. The highest BCUT2D eigenvalue weighted by molar-refractivity contribution is 5.95. The van der Waals surface area contributed by atoms with Crippen molar-refractivity contribution in [2.45, 2.75) is 47.0 Å². The first kappa shape index (κ1) is 16.4. The first-order valence-electron chi connectivity index (χ1n) is 7.17. The van der Waals surface area contributed by atoms with E-state index in [2.05, 4.69) is 43.4 Å². The van der Waals surface area contributed by atoms with E-state index < -0.39 is 0 Å². The largest absolute Gasteiger partial charge is 0.351 e. The number of pyridine rings is 1. The summed E-state index contributed by atoms with van der Waals surface area (Å²) in [6.07, 6.45) is 2.82. The molecule has 0 bridgehead atoms. The summed E-state index contributed by atoms with van der Waals surface area (Å²) in [7, 11) is 0. The third-order valence-corrected chi connectivity index (χ3v) is 3.48. The molecule has 112 valence electrons. The van der Waals surface area contributed by atoms with E-state index in [1.54, 1.807) is 6.07 Å². The molecule has 20 heavy (non-hydrogen) atoms. The number of carbonyl (C=O) groups excluding carboxylic acids is 1. The van der Waals surface area contributed by atoms with E-state index in [9.17, 15) is 4.79 Å². The molecule has 0 fully saturated rings. The summed E-state index contributed by atoms with van der Waals surface area (Å²) < 4.78 is 0. The van der Waals surface area contributed by atoms with Gasteiger partial charge in [-0.05, 0) is 30.4 Å². The zero-order valence-electron chi connectivity index (χ0n) is 12.9. The average molecular weight is 278 g/mol. The van der Waals surface area contributed by atoms with E-state index in [4.69, 9.17) is 5.84 Å². The van der Waals surface area contributed by atoms with E-state index in [0.29, 0.717) is 17.9 Å². The summed E-state index contributed by atoms with van der Waals surface area (Å²) in [6, 6.07) is 3.51. The Morgan fingerprint density at radius 2 is 2.05 bits per heavy atom. The molecular formula is C15H26N4O. The maximum Gasteiger partial charge on any atom is 0.251 e. The minimum atomic E-state index is -0.0808. The van der Waals surface area contributed by atoms with Crippen molar-refractivity contribution < 1.29 is 4.79 Å². The summed E-state index contributed by atoms with van der Waals surface area (Å²) in [5.74, 6) is 5.85. The number of aryl methyl sites for hydroxylation is 1. The fraction of sp³-hybridized carbons (Fsp3) is 0.600. The van der Waals surface area contributed by atoms with Crippen LogP contribution in [0.1, 0.15) is 56.6 Å². The van der Waals surface area contributed by atoms with Gasteiger partial charge in [0.2, 0.25) is 0 Å². The molecule has 0 atom stereocenters. The maximum atomic E-state index is 12.2. The molecule has 4 N–H and O–H groups in total. The number of carbonyl (C=O) groups is 1. The van der Waals surface area contributed by atoms with Crippen LogP contribution in [0.5, 0.6) is 0 Å². The molecule has 0 aromatic carbocycles. The van der Waals surface area contributed by atoms with Crippen LogP contribution in [0.15, 0.2) is 12.1 Å². The van der Waals surface area contributed by atoms with Gasteiger partial charge in [-0.3, -0.25) is 4.79 Å².